The van der Waals surface area contributed by atoms with E-state index in [2.05, 4.69) is 15.1 Å². The highest BCUT2D eigenvalue weighted by atomic mass is 35.5. The third kappa shape index (κ3) is 4.77. The summed E-state index contributed by atoms with van der Waals surface area (Å²) in [7, 11) is 0. The van der Waals surface area contributed by atoms with Crippen molar-refractivity contribution in [2.24, 2.45) is 0 Å². The lowest BCUT2D eigenvalue weighted by atomic mass is 10.1. The Bertz CT molecular complexity index is 1690. The van der Waals surface area contributed by atoms with Gasteiger partial charge in [-0.05, 0) is 19.9 Å². The van der Waals surface area contributed by atoms with E-state index >= 15 is 4.39 Å². The fourth-order valence-electron chi connectivity index (χ4n) is 3.85. The van der Waals surface area contributed by atoms with Crippen LogP contribution < -0.4 is 10.3 Å². The van der Waals surface area contributed by atoms with Crippen LogP contribution in [-0.2, 0) is 29.9 Å². The van der Waals surface area contributed by atoms with E-state index in [1.54, 1.807) is 0 Å². The summed E-state index contributed by atoms with van der Waals surface area (Å²) in [6.07, 6.45) is 3.41. The van der Waals surface area contributed by atoms with Crippen molar-refractivity contribution in [3.05, 3.63) is 92.3 Å². The second kappa shape index (κ2) is 9.86. The first-order valence-electron chi connectivity index (χ1n) is 12.3. The second-order valence-electron chi connectivity index (χ2n) is 8.92. The van der Waals surface area contributed by atoms with Crippen LogP contribution in [0.5, 0.6) is 5.75 Å². The number of aromatic nitrogens is 5. The summed E-state index contributed by atoms with van der Waals surface area (Å²) < 4.78 is 73.0. The maximum atomic E-state index is 16.1. The van der Waals surface area contributed by atoms with Gasteiger partial charge in [-0.2, -0.15) is 5.10 Å². The smallest absolute Gasteiger partial charge is 0.278 e. The minimum absolute atomic E-state index is 0.0656. The van der Waals surface area contributed by atoms with Crippen molar-refractivity contribution in [2.75, 3.05) is 6.61 Å². The number of hydrogen-bond acceptors (Lipinski definition) is 7. The second-order valence-corrected chi connectivity index (χ2v) is 9.30. The average Bonchev–Trinajstić information content (AvgIpc) is 3.35. The third-order valence-corrected chi connectivity index (χ3v) is 6.07. The van der Waals surface area contributed by atoms with E-state index in [9.17, 15) is 18.7 Å². The van der Waals surface area contributed by atoms with Gasteiger partial charge in [0.2, 0.25) is 0 Å². The number of aliphatic hydroxyl groups is 1. The lowest BCUT2D eigenvalue weighted by Gasteiger charge is -2.22. The molecule has 1 aliphatic rings. The van der Waals surface area contributed by atoms with Gasteiger partial charge in [0, 0.05) is 42.2 Å². The van der Waals surface area contributed by atoms with Crippen LogP contribution in [0.1, 0.15) is 39.2 Å². The molecule has 0 amide bonds. The van der Waals surface area contributed by atoms with Crippen LogP contribution in [0.2, 0.25) is 5.02 Å². The highest BCUT2D eigenvalue weighted by Gasteiger charge is 2.27. The molecule has 0 atom stereocenters. The molecule has 0 bridgehead atoms. The topological polar surface area (TPSA) is 104 Å². The highest BCUT2D eigenvalue weighted by Crippen LogP contribution is 2.30. The van der Waals surface area contributed by atoms with Crippen molar-refractivity contribution in [1.29, 1.82) is 0 Å². The lowest BCUT2D eigenvalue weighted by Crippen LogP contribution is -2.28. The van der Waals surface area contributed by atoms with E-state index in [1.807, 2.05) is 0 Å². The predicted octanol–water partition coefficient (Wildman–Crippen LogP) is 3.76. The number of hydrogen-bond donors (Lipinski definition) is 1. The van der Waals surface area contributed by atoms with E-state index in [1.165, 1.54) is 38.4 Å². The van der Waals surface area contributed by atoms with Crippen molar-refractivity contribution in [3.8, 4) is 17.3 Å². The maximum Gasteiger partial charge on any atom is 0.278 e. The van der Waals surface area contributed by atoms with E-state index in [4.69, 9.17) is 23.8 Å². The van der Waals surface area contributed by atoms with Gasteiger partial charge in [-0.15, -0.1) is 0 Å². The normalized spacial score (nSPS) is 14.6. The molecule has 0 aliphatic carbocycles. The first kappa shape index (κ1) is 23.4. The van der Waals surface area contributed by atoms with Gasteiger partial charge in [0.1, 0.15) is 34.4 Å². The van der Waals surface area contributed by atoms with Crippen molar-refractivity contribution < 1.29 is 30.5 Å². The Labute approximate surface area is 221 Å². The van der Waals surface area contributed by atoms with Gasteiger partial charge < -0.3 is 14.6 Å². The molecule has 9 nitrogen and oxygen atoms in total. The molecule has 38 heavy (non-hydrogen) atoms. The molecule has 198 valence electrons. The molecule has 0 radical (unpaired) electrons. The molecule has 0 unspecified atom stereocenters. The van der Waals surface area contributed by atoms with Crippen LogP contribution in [0.3, 0.4) is 0 Å². The summed E-state index contributed by atoms with van der Waals surface area (Å²) in [6.45, 7) is 0.0959. The van der Waals surface area contributed by atoms with Gasteiger partial charge in [0.05, 0.1) is 33.5 Å². The zero-order valence-corrected chi connectivity index (χ0v) is 20.8. The van der Waals surface area contributed by atoms with E-state index < -0.39 is 51.6 Å². The van der Waals surface area contributed by atoms with Crippen LogP contribution in [0.25, 0.3) is 11.5 Å². The van der Waals surface area contributed by atoms with Gasteiger partial charge in [0.15, 0.2) is 17.5 Å². The van der Waals surface area contributed by atoms with Crippen molar-refractivity contribution >= 4 is 11.6 Å². The fourth-order valence-corrected chi connectivity index (χ4v) is 4.03. The summed E-state index contributed by atoms with van der Waals surface area (Å²) >= 11 is 6.30. The van der Waals surface area contributed by atoms with Crippen LogP contribution in [-0.4, -0.2) is 36.0 Å². The SMILES string of the molecule is [2H]C([2H])(Oc1cc2n(c(=O)c1Cl)-c1c(cnc(-n3ccc(C(C)(C)O)n3)c1F)COCC2)c1ncc(F)cc1F. The van der Waals surface area contributed by atoms with E-state index in [-0.39, 0.29) is 48.1 Å². The standard InChI is InChI=1S/C25H21ClF3N5O4/c1-25(2,36)19-3-5-33(32-19)23-21(29)22-13(9-31-23)11-37-6-4-15-8-18(20(26)24(35)34(15)22)38-12-17-16(28)7-14(27)10-30-17/h3,5,7-10,36H,4,6,11-12H2,1-2H3/i12D2. The molecule has 0 aromatic carbocycles. The first-order valence-corrected chi connectivity index (χ1v) is 11.6. The van der Waals surface area contributed by atoms with Gasteiger partial charge in [-0.3, -0.25) is 14.3 Å². The highest BCUT2D eigenvalue weighted by molar-refractivity contribution is 6.31. The Hall–Kier alpha value is -3.74. The number of halogens is 4. The number of pyridine rings is 3. The molecule has 5 heterocycles. The summed E-state index contributed by atoms with van der Waals surface area (Å²) in [5.74, 6) is -3.99. The average molecular weight is 550 g/mol. The maximum absolute atomic E-state index is 16.1. The minimum atomic E-state index is -2.95. The molecule has 0 saturated heterocycles. The number of nitrogens with zero attached hydrogens (tertiary/aromatic N) is 5. The van der Waals surface area contributed by atoms with E-state index in [0.717, 1.165) is 9.25 Å². The molecule has 1 N–H and O–H groups in total. The molecule has 0 saturated carbocycles. The monoisotopic (exact) mass is 549 g/mol. The molecule has 13 heteroatoms. The molecule has 1 aliphatic heterocycles. The van der Waals surface area contributed by atoms with Gasteiger partial charge in [-0.1, -0.05) is 11.6 Å². The van der Waals surface area contributed by atoms with Crippen molar-refractivity contribution in [2.45, 2.75) is 39.0 Å². The summed E-state index contributed by atoms with van der Waals surface area (Å²) in [4.78, 5) is 21.1. The Morgan fingerprint density at radius 3 is 2.76 bits per heavy atom. The summed E-state index contributed by atoms with van der Waals surface area (Å²) in [6, 6.07) is 3.14. The van der Waals surface area contributed by atoms with Crippen molar-refractivity contribution in [3.63, 3.8) is 0 Å². The Kier molecular flexibility index (Phi) is 6.06. The Morgan fingerprint density at radius 2 is 2.05 bits per heavy atom. The zero-order valence-electron chi connectivity index (χ0n) is 22.0. The molecule has 0 fully saturated rings. The van der Waals surface area contributed by atoms with Gasteiger partial charge >= 0.3 is 0 Å². The molecule has 4 aromatic rings. The Morgan fingerprint density at radius 1 is 1.26 bits per heavy atom. The number of ether oxygens (including phenoxy) is 2. The van der Waals surface area contributed by atoms with Crippen LogP contribution >= 0.6 is 11.6 Å². The molecular formula is C25H21ClF3N5O4. The largest absolute Gasteiger partial charge is 0.485 e. The van der Waals surface area contributed by atoms with Gasteiger partial charge in [-0.25, -0.2) is 22.8 Å². The molecule has 0 spiro atoms. The minimum Gasteiger partial charge on any atom is -0.485 e. The Balaban J connectivity index is 1.64. The molecule has 4 aromatic heterocycles. The third-order valence-electron chi connectivity index (χ3n) is 5.73. The number of rotatable bonds is 5. The quantitative estimate of drug-likeness (QED) is 0.404. The number of fused-ring (bicyclic) bond motifs is 3. The molecule has 5 rings (SSSR count). The van der Waals surface area contributed by atoms with Crippen LogP contribution in [0, 0.1) is 17.5 Å². The van der Waals surface area contributed by atoms with Crippen LogP contribution in [0.4, 0.5) is 13.2 Å². The first-order chi connectivity index (χ1) is 18.8. The summed E-state index contributed by atoms with van der Waals surface area (Å²) in [5.41, 5.74) is -2.71. The van der Waals surface area contributed by atoms with Crippen LogP contribution in [0.15, 0.2) is 41.6 Å². The lowest BCUT2D eigenvalue weighted by molar-refractivity contribution is 0.0734. The van der Waals surface area contributed by atoms with E-state index in [0.29, 0.717) is 12.3 Å². The van der Waals surface area contributed by atoms with Crippen molar-refractivity contribution in [1.82, 2.24) is 24.3 Å². The zero-order chi connectivity index (χ0) is 29.0. The summed E-state index contributed by atoms with van der Waals surface area (Å²) in [5, 5.41) is 13.8. The predicted molar refractivity (Wildman–Crippen MR) is 129 cm³/mol. The van der Waals surface area contributed by atoms with Gasteiger partial charge in [0.25, 0.3) is 5.56 Å². The fraction of sp³-hybridized carbons (Fsp3) is 0.280. The molecular weight excluding hydrogens is 527 g/mol.